The van der Waals surface area contributed by atoms with Crippen molar-refractivity contribution in [2.24, 2.45) is 0 Å². The third kappa shape index (κ3) is 3.36. The quantitative estimate of drug-likeness (QED) is 0.724. The maximum atomic E-state index is 12.5. The summed E-state index contributed by atoms with van der Waals surface area (Å²) in [7, 11) is -3.73. The van der Waals surface area contributed by atoms with E-state index in [4.69, 9.17) is 0 Å². The fraction of sp³-hybridized carbons (Fsp3) is 0.0588. The molecule has 24 heavy (non-hydrogen) atoms. The molecule has 7 heteroatoms. The third-order valence-corrected chi connectivity index (χ3v) is 4.83. The summed E-state index contributed by atoms with van der Waals surface area (Å²) in [5.74, 6) is -0.125. The zero-order chi connectivity index (χ0) is 17.2. The molecule has 0 radical (unpaired) electrons. The molecule has 0 saturated heterocycles. The number of benzene rings is 2. The molecule has 6 nitrogen and oxygen atoms in total. The monoisotopic (exact) mass is 341 g/mol. The molecule has 1 N–H and O–H groups in total. The number of carbonyl (C=O) groups excluding carboxylic acids is 1. The highest BCUT2D eigenvalue weighted by Crippen LogP contribution is 2.19. The number of carbonyl (C=O) groups is 1. The highest BCUT2D eigenvalue weighted by atomic mass is 32.2. The van der Waals surface area contributed by atoms with E-state index in [0.717, 1.165) is 5.69 Å². The summed E-state index contributed by atoms with van der Waals surface area (Å²) in [6, 6.07) is 14.5. The smallest absolute Gasteiger partial charge is 0.261 e. The molecule has 0 fully saturated rings. The van der Waals surface area contributed by atoms with Crippen molar-refractivity contribution in [1.82, 2.24) is 9.78 Å². The maximum absolute atomic E-state index is 12.5. The molecule has 0 bridgehead atoms. The maximum Gasteiger partial charge on any atom is 0.261 e. The molecule has 0 spiro atoms. The minimum Gasteiger partial charge on any atom is -0.295 e. The molecule has 0 aliphatic heterocycles. The van der Waals surface area contributed by atoms with Gasteiger partial charge in [0, 0.05) is 23.6 Å². The second kappa shape index (κ2) is 6.29. The van der Waals surface area contributed by atoms with Gasteiger partial charge in [0.25, 0.3) is 10.0 Å². The summed E-state index contributed by atoms with van der Waals surface area (Å²) in [6.07, 6.45) is 3.42. The van der Waals surface area contributed by atoms with Gasteiger partial charge in [0.15, 0.2) is 5.78 Å². The highest BCUT2D eigenvalue weighted by Gasteiger charge is 2.15. The van der Waals surface area contributed by atoms with Gasteiger partial charge in [0.05, 0.1) is 10.6 Å². The van der Waals surface area contributed by atoms with E-state index in [9.17, 15) is 13.2 Å². The predicted octanol–water partition coefficient (Wildman–Crippen LogP) is 2.88. The average Bonchev–Trinajstić information content (AvgIpc) is 3.09. The Balaban J connectivity index is 1.85. The summed E-state index contributed by atoms with van der Waals surface area (Å²) in [5, 5.41) is 4.09. The van der Waals surface area contributed by atoms with E-state index < -0.39 is 10.0 Å². The average molecular weight is 341 g/mol. The van der Waals surface area contributed by atoms with Crippen LogP contribution < -0.4 is 4.72 Å². The third-order valence-electron chi connectivity index (χ3n) is 3.44. The van der Waals surface area contributed by atoms with Gasteiger partial charge in [0.2, 0.25) is 0 Å². The standard InChI is InChI=1S/C17H15N3O3S/c1-13(21)14-4-2-5-15(12-14)19-24(22,23)17-8-6-16(7-9-17)20-11-3-10-18-20/h2-12,19H,1H3. The van der Waals surface area contributed by atoms with Crippen LogP contribution in [0.3, 0.4) is 0 Å². The number of anilines is 1. The lowest BCUT2D eigenvalue weighted by Gasteiger charge is -2.09. The second-order valence-electron chi connectivity index (χ2n) is 5.19. The van der Waals surface area contributed by atoms with E-state index in [1.54, 1.807) is 53.5 Å². The van der Waals surface area contributed by atoms with Gasteiger partial charge in [-0.05, 0) is 49.4 Å². The Hall–Kier alpha value is -2.93. The molecular weight excluding hydrogens is 326 g/mol. The predicted molar refractivity (Wildman–Crippen MR) is 90.8 cm³/mol. The number of hydrogen-bond acceptors (Lipinski definition) is 4. The van der Waals surface area contributed by atoms with Crippen molar-refractivity contribution in [2.75, 3.05) is 4.72 Å². The number of hydrogen-bond donors (Lipinski definition) is 1. The number of nitrogens with one attached hydrogen (secondary N) is 1. The van der Waals surface area contributed by atoms with Crippen LogP contribution in [0.2, 0.25) is 0 Å². The van der Waals surface area contributed by atoms with Gasteiger partial charge in [-0.15, -0.1) is 0 Å². The molecular formula is C17H15N3O3S. The van der Waals surface area contributed by atoms with Crippen LogP contribution in [0, 0.1) is 0 Å². The van der Waals surface area contributed by atoms with Crippen LogP contribution in [0.25, 0.3) is 5.69 Å². The zero-order valence-corrected chi connectivity index (χ0v) is 13.7. The number of Topliss-reactive ketones (excluding diaryl/α,β-unsaturated/α-hetero) is 1. The number of aromatic nitrogens is 2. The van der Waals surface area contributed by atoms with Gasteiger partial charge < -0.3 is 0 Å². The first-order chi connectivity index (χ1) is 11.5. The first-order valence-electron chi connectivity index (χ1n) is 7.20. The van der Waals surface area contributed by atoms with E-state index in [2.05, 4.69) is 9.82 Å². The Bertz CT molecular complexity index is 963. The minimum atomic E-state index is -3.73. The van der Waals surface area contributed by atoms with Crippen LogP contribution >= 0.6 is 0 Å². The molecule has 3 aromatic rings. The largest absolute Gasteiger partial charge is 0.295 e. The van der Waals surface area contributed by atoms with E-state index >= 15 is 0 Å². The Morgan fingerprint density at radius 3 is 2.46 bits per heavy atom. The fourth-order valence-electron chi connectivity index (χ4n) is 2.22. The van der Waals surface area contributed by atoms with Gasteiger partial charge in [-0.3, -0.25) is 9.52 Å². The second-order valence-corrected chi connectivity index (χ2v) is 6.87. The molecule has 0 saturated carbocycles. The van der Waals surface area contributed by atoms with Crippen molar-refractivity contribution in [2.45, 2.75) is 11.8 Å². The van der Waals surface area contributed by atoms with Gasteiger partial charge in [-0.1, -0.05) is 12.1 Å². The Labute approximate surface area is 139 Å². The van der Waals surface area contributed by atoms with Crippen molar-refractivity contribution < 1.29 is 13.2 Å². The Morgan fingerprint density at radius 2 is 1.83 bits per heavy atom. The van der Waals surface area contributed by atoms with Crippen molar-refractivity contribution in [3.05, 3.63) is 72.6 Å². The van der Waals surface area contributed by atoms with Crippen molar-refractivity contribution in [1.29, 1.82) is 0 Å². The lowest BCUT2D eigenvalue weighted by Crippen LogP contribution is -2.13. The van der Waals surface area contributed by atoms with Crippen LogP contribution in [-0.2, 0) is 10.0 Å². The number of ketones is 1. The summed E-state index contributed by atoms with van der Waals surface area (Å²) in [4.78, 5) is 11.5. The molecule has 0 aliphatic rings. The van der Waals surface area contributed by atoms with Crippen molar-refractivity contribution >= 4 is 21.5 Å². The van der Waals surface area contributed by atoms with Gasteiger partial charge in [-0.25, -0.2) is 13.1 Å². The number of rotatable bonds is 5. The molecule has 0 amide bonds. The van der Waals surface area contributed by atoms with E-state index in [1.165, 1.54) is 25.1 Å². The van der Waals surface area contributed by atoms with E-state index in [1.807, 2.05) is 0 Å². The molecule has 1 heterocycles. The summed E-state index contributed by atoms with van der Waals surface area (Å²) >= 11 is 0. The number of sulfonamides is 1. The van der Waals surface area contributed by atoms with Crippen LogP contribution in [-0.4, -0.2) is 24.0 Å². The lowest BCUT2D eigenvalue weighted by atomic mass is 10.1. The van der Waals surface area contributed by atoms with Gasteiger partial charge in [0.1, 0.15) is 0 Å². The van der Waals surface area contributed by atoms with E-state index in [-0.39, 0.29) is 10.7 Å². The van der Waals surface area contributed by atoms with E-state index in [0.29, 0.717) is 11.3 Å². The summed E-state index contributed by atoms with van der Waals surface area (Å²) in [5.41, 5.74) is 1.56. The first kappa shape index (κ1) is 15.9. The van der Waals surface area contributed by atoms with Crippen LogP contribution in [0.4, 0.5) is 5.69 Å². The normalized spacial score (nSPS) is 11.2. The summed E-state index contributed by atoms with van der Waals surface area (Å²) < 4.78 is 29.0. The zero-order valence-electron chi connectivity index (χ0n) is 12.9. The molecule has 1 aromatic heterocycles. The van der Waals surface area contributed by atoms with Gasteiger partial charge in [-0.2, -0.15) is 5.10 Å². The highest BCUT2D eigenvalue weighted by molar-refractivity contribution is 7.92. The van der Waals surface area contributed by atoms with Crippen LogP contribution in [0.1, 0.15) is 17.3 Å². The molecule has 3 rings (SSSR count). The van der Waals surface area contributed by atoms with Crippen molar-refractivity contribution in [3.63, 3.8) is 0 Å². The molecule has 0 aliphatic carbocycles. The minimum absolute atomic E-state index is 0.125. The van der Waals surface area contributed by atoms with Crippen LogP contribution in [0.15, 0.2) is 71.9 Å². The fourth-order valence-corrected chi connectivity index (χ4v) is 3.26. The molecule has 122 valence electrons. The first-order valence-corrected chi connectivity index (χ1v) is 8.68. The molecule has 0 unspecified atom stereocenters. The Morgan fingerprint density at radius 1 is 1.08 bits per heavy atom. The molecule has 0 atom stereocenters. The van der Waals surface area contributed by atoms with Gasteiger partial charge >= 0.3 is 0 Å². The summed E-state index contributed by atoms with van der Waals surface area (Å²) in [6.45, 7) is 1.43. The van der Waals surface area contributed by atoms with Crippen molar-refractivity contribution in [3.8, 4) is 5.69 Å². The Kier molecular flexibility index (Phi) is 4.18. The number of nitrogens with zero attached hydrogens (tertiary/aromatic N) is 2. The lowest BCUT2D eigenvalue weighted by molar-refractivity contribution is 0.101. The SMILES string of the molecule is CC(=O)c1cccc(NS(=O)(=O)c2ccc(-n3cccn3)cc2)c1. The molecule has 2 aromatic carbocycles. The topological polar surface area (TPSA) is 81.1 Å². The van der Waals surface area contributed by atoms with Crippen LogP contribution in [0.5, 0.6) is 0 Å².